The average Bonchev–Trinajstić information content (AvgIpc) is 2.05. The summed E-state index contributed by atoms with van der Waals surface area (Å²) in [6.45, 7) is 0. The Labute approximate surface area is 101 Å². The second-order valence-electron chi connectivity index (χ2n) is 1.80. The van der Waals surface area contributed by atoms with Crippen LogP contribution in [0.4, 0.5) is 0 Å². The van der Waals surface area contributed by atoms with Gasteiger partial charge in [-0.2, -0.15) is 7.11 Å². The Balaban J connectivity index is 0. The van der Waals surface area contributed by atoms with Gasteiger partial charge in [-0.05, 0) is 12.1 Å². The number of rotatable bonds is 1. The largest absolute Gasteiger partial charge is 2.00 e. The topological polar surface area (TPSA) is 26.3 Å². The van der Waals surface area contributed by atoms with Gasteiger partial charge in [-0.15, -0.1) is 0 Å². The zero-order valence-corrected chi connectivity index (χ0v) is 11.6. The molecule has 0 atom stereocenters. The molecular formula is C8H7IO2Zn. The molecule has 0 aliphatic carbocycles. The third-order valence-electron chi connectivity index (χ3n) is 1.14. The van der Waals surface area contributed by atoms with E-state index in [0.29, 0.717) is 5.56 Å². The molecule has 0 spiro atoms. The molecule has 0 aliphatic rings. The summed E-state index contributed by atoms with van der Waals surface area (Å²) >= 11 is 0. The van der Waals surface area contributed by atoms with E-state index in [1.807, 2.05) is 6.07 Å². The van der Waals surface area contributed by atoms with Crippen molar-refractivity contribution in [1.82, 2.24) is 0 Å². The van der Waals surface area contributed by atoms with Gasteiger partial charge in [0.05, 0.1) is 5.56 Å². The van der Waals surface area contributed by atoms with E-state index < -0.39 is 5.97 Å². The van der Waals surface area contributed by atoms with Gasteiger partial charge in [-0.25, -0.2) is 4.79 Å². The van der Waals surface area contributed by atoms with Crippen LogP contribution in [0, 0.1) is 7.11 Å². The van der Waals surface area contributed by atoms with Crippen LogP contribution in [0.5, 0.6) is 0 Å². The summed E-state index contributed by atoms with van der Waals surface area (Å²) in [5, 5.41) is 0. The first kappa shape index (κ1) is 14.6. The number of benzene rings is 1. The van der Waals surface area contributed by atoms with Gasteiger partial charge in [-0.3, -0.25) is 0 Å². The summed E-state index contributed by atoms with van der Waals surface area (Å²) in [6, 6.07) is 8.72. The molecule has 4 heteroatoms. The third-order valence-corrected chi connectivity index (χ3v) is 1.14. The predicted molar refractivity (Wildman–Crippen MR) is 37.2 cm³/mol. The zero-order valence-electron chi connectivity index (χ0n) is 6.50. The van der Waals surface area contributed by atoms with Gasteiger partial charge in [-0.1, -0.05) is 18.2 Å². The summed E-state index contributed by atoms with van der Waals surface area (Å²) in [7, 11) is 3.01. The number of hydrogen-bond donors (Lipinski definition) is 0. The van der Waals surface area contributed by atoms with Gasteiger partial charge >= 0.3 is 25.4 Å². The summed E-state index contributed by atoms with van der Waals surface area (Å²) < 4.78 is 4.25. The Morgan fingerprint density at radius 2 is 1.75 bits per heavy atom. The second kappa shape index (κ2) is 7.68. The van der Waals surface area contributed by atoms with Crippen LogP contribution in [-0.4, -0.2) is 5.97 Å². The molecule has 1 rings (SSSR count). The molecule has 0 bridgehead atoms. The summed E-state index contributed by atoms with van der Waals surface area (Å²) in [5.41, 5.74) is 0.525. The van der Waals surface area contributed by atoms with Crippen LogP contribution in [0.3, 0.4) is 0 Å². The SMILES string of the molecule is [CH2-]OC(=O)c1ccccc1.[I-].[Zn+2]. The molecule has 1 aromatic rings. The Kier molecular flexibility index (Phi) is 9.32. The summed E-state index contributed by atoms with van der Waals surface area (Å²) in [4.78, 5) is 10.7. The molecule has 60 valence electrons. The van der Waals surface area contributed by atoms with E-state index >= 15 is 0 Å². The first-order valence-corrected chi connectivity index (χ1v) is 2.86. The molecule has 12 heavy (non-hydrogen) atoms. The van der Waals surface area contributed by atoms with Crippen LogP contribution in [0.1, 0.15) is 10.4 Å². The van der Waals surface area contributed by atoms with Crippen LogP contribution in [0.2, 0.25) is 0 Å². The maximum atomic E-state index is 10.7. The van der Waals surface area contributed by atoms with Crippen LogP contribution >= 0.6 is 0 Å². The van der Waals surface area contributed by atoms with Crippen molar-refractivity contribution in [2.45, 2.75) is 0 Å². The van der Waals surface area contributed by atoms with Gasteiger partial charge in [0.1, 0.15) is 0 Å². The standard InChI is InChI=1S/C8H7O2.HI.Zn/c1-10-8(9)7-5-3-2-4-6-7;;/h2-6H,1H2;1H;/q-1;;+2/p-1. The fraction of sp³-hybridized carbons (Fsp3) is 0. The fourth-order valence-corrected chi connectivity index (χ4v) is 0.658. The molecule has 0 heterocycles. The van der Waals surface area contributed by atoms with Crippen LogP contribution in [-0.2, 0) is 24.2 Å². The van der Waals surface area contributed by atoms with E-state index in [2.05, 4.69) is 11.8 Å². The minimum atomic E-state index is -0.402. The van der Waals surface area contributed by atoms with Crippen LogP contribution < -0.4 is 24.0 Å². The summed E-state index contributed by atoms with van der Waals surface area (Å²) in [6.07, 6.45) is 0. The molecule has 0 N–H and O–H groups in total. The van der Waals surface area contributed by atoms with E-state index in [-0.39, 0.29) is 43.5 Å². The smallest absolute Gasteiger partial charge is 1.00 e. The molecule has 1 aromatic carbocycles. The molecule has 0 unspecified atom stereocenters. The van der Waals surface area contributed by atoms with Crippen LogP contribution in [0.25, 0.3) is 0 Å². The monoisotopic (exact) mass is 326 g/mol. The van der Waals surface area contributed by atoms with Crippen molar-refractivity contribution >= 4 is 5.97 Å². The normalized spacial score (nSPS) is 7.42. The zero-order chi connectivity index (χ0) is 7.40. The van der Waals surface area contributed by atoms with E-state index in [1.54, 1.807) is 24.3 Å². The number of ether oxygens (including phenoxy) is 1. The Hall–Kier alpha value is 0.0434. The Morgan fingerprint density at radius 1 is 1.25 bits per heavy atom. The molecule has 0 amide bonds. The van der Waals surface area contributed by atoms with Crippen molar-refractivity contribution in [3.05, 3.63) is 43.0 Å². The quantitative estimate of drug-likeness (QED) is 0.276. The van der Waals surface area contributed by atoms with Crippen molar-refractivity contribution in [2.24, 2.45) is 0 Å². The van der Waals surface area contributed by atoms with Gasteiger partial charge in [0, 0.05) is 0 Å². The third kappa shape index (κ3) is 4.16. The van der Waals surface area contributed by atoms with Crippen LogP contribution in [0.15, 0.2) is 30.3 Å². The molecule has 0 saturated carbocycles. The molecule has 2 nitrogen and oxygen atoms in total. The van der Waals surface area contributed by atoms with Crippen molar-refractivity contribution in [2.75, 3.05) is 0 Å². The Morgan fingerprint density at radius 3 is 2.17 bits per heavy atom. The van der Waals surface area contributed by atoms with E-state index in [4.69, 9.17) is 0 Å². The Bertz CT molecular complexity index is 226. The fourth-order valence-electron chi connectivity index (χ4n) is 0.658. The molecule has 0 fully saturated rings. The predicted octanol–water partition coefficient (Wildman–Crippen LogP) is -1.36. The minimum absolute atomic E-state index is 0. The van der Waals surface area contributed by atoms with Gasteiger partial charge < -0.3 is 28.7 Å². The molecule has 0 saturated heterocycles. The maximum Gasteiger partial charge on any atom is 2.00 e. The van der Waals surface area contributed by atoms with Gasteiger partial charge in [0.25, 0.3) is 0 Å². The number of esters is 1. The van der Waals surface area contributed by atoms with Crippen molar-refractivity contribution in [3.8, 4) is 0 Å². The van der Waals surface area contributed by atoms with Crippen molar-refractivity contribution in [3.63, 3.8) is 0 Å². The second-order valence-corrected chi connectivity index (χ2v) is 1.80. The van der Waals surface area contributed by atoms with E-state index in [1.165, 1.54) is 0 Å². The molecule has 0 aliphatic heterocycles. The number of hydrogen-bond acceptors (Lipinski definition) is 2. The van der Waals surface area contributed by atoms with E-state index in [9.17, 15) is 4.79 Å². The number of carbonyl (C=O) groups is 1. The molecule has 0 aromatic heterocycles. The maximum absolute atomic E-state index is 10.7. The minimum Gasteiger partial charge on any atom is -1.00 e. The molecular weight excluding hydrogens is 320 g/mol. The van der Waals surface area contributed by atoms with Crippen molar-refractivity contribution < 1.29 is 53.0 Å². The average molecular weight is 327 g/mol. The number of halogens is 1. The van der Waals surface area contributed by atoms with E-state index in [0.717, 1.165) is 0 Å². The molecule has 0 radical (unpaired) electrons. The van der Waals surface area contributed by atoms with Crippen molar-refractivity contribution in [1.29, 1.82) is 0 Å². The van der Waals surface area contributed by atoms with Gasteiger partial charge in [0.15, 0.2) is 0 Å². The van der Waals surface area contributed by atoms with Gasteiger partial charge in [0.2, 0.25) is 0 Å². The first-order chi connectivity index (χ1) is 4.84. The summed E-state index contributed by atoms with van der Waals surface area (Å²) in [5.74, 6) is -0.402. The number of carbonyl (C=O) groups excluding carboxylic acids is 1. The first-order valence-electron chi connectivity index (χ1n) is 2.86.